The van der Waals surface area contributed by atoms with Crippen LogP contribution in [0.2, 0.25) is 0 Å². The van der Waals surface area contributed by atoms with Gasteiger partial charge < -0.3 is 10.1 Å². The molecule has 0 radical (unpaired) electrons. The van der Waals surface area contributed by atoms with Gasteiger partial charge in [0.1, 0.15) is 6.10 Å². The maximum atomic E-state index is 14.4. The molecule has 0 unspecified atom stereocenters. The lowest BCUT2D eigenvalue weighted by molar-refractivity contribution is 0.167. The average Bonchev–Trinajstić information content (AvgIpc) is 2.68. The molecule has 1 saturated carbocycles. The minimum Gasteiger partial charge on any atom is -0.472 e. The van der Waals surface area contributed by atoms with E-state index in [1.807, 2.05) is 13.8 Å². The van der Waals surface area contributed by atoms with Crippen LogP contribution in [0.5, 0.6) is 5.88 Å². The van der Waals surface area contributed by atoms with E-state index in [0.717, 1.165) is 12.8 Å². The van der Waals surface area contributed by atoms with Gasteiger partial charge in [0.05, 0.1) is 0 Å². The molecule has 1 N–H and O–H groups in total. The highest BCUT2D eigenvalue weighted by Gasteiger charge is 2.18. The maximum Gasteiger partial charge on any atom is 0.250 e. The van der Waals surface area contributed by atoms with Crippen LogP contribution in [0.3, 0.4) is 0 Å². The van der Waals surface area contributed by atoms with Gasteiger partial charge in [-0.1, -0.05) is 26.7 Å². The van der Waals surface area contributed by atoms with E-state index in [2.05, 4.69) is 10.3 Å². The van der Waals surface area contributed by atoms with Crippen LogP contribution in [-0.4, -0.2) is 17.1 Å². The van der Waals surface area contributed by atoms with Crippen molar-refractivity contribution in [1.82, 2.24) is 10.3 Å². The van der Waals surface area contributed by atoms with Crippen molar-refractivity contribution in [2.24, 2.45) is 0 Å². The topological polar surface area (TPSA) is 34.2 Å². The predicted octanol–water partition coefficient (Wildman–Crippen LogP) is 3.82. The zero-order valence-corrected chi connectivity index (χ0v) is 12.5. The first kappa shape index (κ1) is 15.2. The summed E-state index contributed by atoms with van der Waals surface area (Å²) in [6.07, 6.45) is 8.62. The van der Waals surface area contributed by atoms with Crippen LogP contribution >= 0.6 is 0 Å². The number of halogens is 1. The van der Waals surface area contributed by atoms with E-state index >= 15 is 0 Å². The summed E-state index contributed by atoms with van der Waals surface area (Å²) in [6, 6.07) is 2.04. The van der Waals surface area contributed by atoms with Crippen molar-refractivity contribution in [2.45, 2.75) is 71.1 Å². The largest absolute Gasteiger partial charge is 0.472 e. The molecule has 4 heteroatoms. The molecule has 1 heterocycles. The molecule has 0 aliphatic heterocycles. The van der Waals surface area contributed by atoms with Crippen LogP contribution in [-0.2, 0) is 6.54 Å². The second kappa shape index (κ2) is 7.58. The van der Waals surface area contributed by atoms with Crippen molar-refractivity contribution in [3.05, 3.63) is 23.6 Å². The zero-order valence-electron chi connectivity index (χ0n) is 12.5. The molecule has 0 saturated heterocycles. The summed E-state index contributed by atoms with van der Waals surface area (Å²) in [5.41, 5.74) is 0.623. The van der Waals surface area contributed by atoms with Crippen molar-refractivity contribution in [3.63, 3.8) is 0 Å². The van der Waals surface area contributed by atoms with E-state index in [1.165, 1.54) is 25.7 Å². The molecular formula is C16H25FN2O. The molecule has 1 fully saturated rings. The van der Waals surface area contributed by atoms with Crippen molar-refractivity contribution in [3.8, 4) is 5.88 Å². The summed E-state index contributed by atoms with van der Waals surface area (Å²) in [5, 5.41) is 3.22. The fourth-order valence-corrected chi connectivity index (χ4v) is 2.51. The number of hydrogen-bond donors (Lipinski definition) is 1. The molecule has 1 aromatic heterocycles. The first-order valence-electron chi connectivity index (χ1n) is 7.70. The van der Waals surface area contributed by atoms with E-state index in [1.54, 1.807) is 12.3 Å². The van der Waals surface area contributed by atoms with Gasteiger partial charge >= 0.3 is 0 Å². The number of ether oxygens (including phenoxy) is 1. The second-order valence-corrected chi connectivity index (χ2v) is 5.86. The van der Waals surface area contributed by atoms with Crippen LogP contribution in [0.4, 0.5) is 4.39 Å². The molecule has 1 aliphatic carbocycles. The number of pyridine rings is 1. The third-order valence-electron chi connectivity index (χ3n) is 3.72. The number of nitrogens with one attached hydrogen (secondary N) is 1. The minimum atomic E-state index is -0.315. The van der Waals surface area contributed by atoms with E-state index in [9.17, 15) is 4.39 Å². The summed E-state index contributed by atoms with van der Waals surface area (Å²) < 4.78 is 20.2. The Hall–Kier alpha value is -1.16. The van der Waals surface area contributed by atoms with E-state index in [-0.39, 0.29) is 17.8 Å². The highest BCUT2D eigenvalue weighted by molar-refractivity contribution is 5.23. The highest BCUT2D eigenvalue weighted by Crippen LogP contribution is 2.24. The molecule has 0 aromatic carbocycles. The van der Waals surface area contributed by atoms with Gasteiger partial charge in [-0.3, -0.25) is 0 Å². The van der Waals surface area contributed by atoms with Gasteiger partial charge in [0.15, 0.2) is 5.82 Å². The third kappa shape index (κ3) is 4.44. The Kier molecular flexibility index (Phi) is 5.77. The van der Waals surface area contributed by atoms with Gasteiger partial charge in [0, 0.05) is 24.3 Å². The fourth-order valence-electron chi connectivity index (χ4n) is 2.51. The molecule has 0 amide bonds. The third-order valence-corrected chi connectivity index (χ3v) is 3.72. The summed E-state index contributed by atoms with van der Waals surface area (Å²) in [4.78, 5) is 4.07. The van der Waals surface area contributed by atoms with Crippen LogP contribution < -0.4 is 10.1 Å². The van der Waals surface area contributed by atoms with Crippen LogP contribution in [0, 0.1) is 5.82 Å². The van der Waals surface area contributed by atoms with Crippen LogP contribution in [0.25, 0.3) is 0 Å². The van der Waals surface area contributed by atoms with Crippen LogP contribution in [0.15, 0.2) is 12.3 Å². The molecule has 0 bridgehead atoms. The van der Waals surface area contributed by atoms with E-state index in [4.69, 9.17) is 4.74 Å². The van der Waals surface area contributed by atoms with Gasteiger partial charge in [0.2, 0.25) is 0 Å². The Balaban J connectivity index is 2.01. The first-order valence-corrected chi connectivity index (χ1v) is 7.70. The van der Waals surface area contributed by atoms with Gasteiger partial charge in [-0.05, 0) is 31.7 Å². The summed E-state index contributed by atoms with van der Waals surface area (Å²) in [6.45, 7) is 4.59. The van der Waals surface area contributed by atoms with Gasteiger partial charge in [-0.15, -0.1) is 0 Å². The van der Waals surface area contributed by atoms with Crippen molar-refractivity contribution >= 4 is 0 Å². The Morgan fingerprint density at radius 2 is 2.00 bits per heavy atom. The Morgan fingerprint density at radius 1 is 1.30 bits per heavy atom. The Morgan fingerprint density at radius 3 is 2.65 bits per heavy atom. The number of hydrogen-bond acceptors (Lipinski definition) is 3. The average molecular weight is 280 g/mol. The summed E-state index contributed by atoms with van der Waals surface area (Å²) in [7, 11) is 0. The van der Waals surface area contributed by atoms with Crippen molar-refractivity contribution < 1.29 is 9.13 Å². The molecule has 112 valence electrons. The lowest BCUT2D eigenvalue weighted by Crippen LogP contribution is -2.23. The molecular weight excluding hydrogens is 255 g/mol. The molecule has 3 nitrogen and oxygen atoms in total. The smallest absolute Gasteiger partial charge is 0.250 e. The molecule has 1 aromatic rings. The highest BCUT2D eigenvalue weighted by atomic mass is 19.1. The first-order chi connectivity index (χ1) is 9.66. The van der Waals surface area contributed by atoms with Gasteiger partial charge in [-0.2, -0.15) is 0 Å². The maximum absolute atomic E-state index is 14.4. The normalized spacial score (nSPS) is 17.2. The SMILES string of the molecule is CC(C)NCc1ccnc(OC2CCCCCC2)c1F. The molecule has 1 aliphatic rings. The predicted molar refractivity (Wildman–Crippen MR) is 78.3 cm³/mol. The quantitative estimate of drug-likeness (QED) is 0.833. The zero-order chi connectivity index (χ0) is 14.4. The van der Waals surface area contributed by atoms with E-state index in [0.29, 0.717) is 18.2 Å². The van der Waals surface area contributed by atoms with E-state index < -0.39 is 0 Å². The minimum absolute atomic E-state index is 0.118. The second-order valence-electron chi connectivity index (χ2n) is 5.86. The lowest BCUT2D eigenvalue weighted by atomic mass is 10.1. The molecule has 2 rings (SSSR count). The molecule has 20 heavy (non-hydrogen) atoms. The fraction of sp³-hybridized carbons (Fsp3) is 0.688. The Bertz CT molecular complexity index is 415. The Labute approximate surface area is 120 Å². The molecule has 0 spiro atoms. The van der Waals surface area contributed by atoms with Crippen LogP contribution in [0.1, 0.15) is 57.9 Å². The molecule has 0 atom stereocenters. The summed E-state index contributed by atoms with van der Waals surface area (Å²) >= 11 is 0. The lowest BCUT2D eigenvalue weighted by Gasteiger charge is -2.17. The number of nitrogens with zero attached hydrogens (tertiary/aromatic N) is 1. The van der Waals surface area contributed by atoms with Gasteiger partial charge in [0.25, 0.3) is 5.88 Å². The standard InChI is InChI=1S/C16H25FN2O/c1-12(2)19-11-13-9-10-18-16(15(13)17)20-14-7-5-3-4-6-8-14/h9-10,12,14,19H,3-8,11H2,1-2H3. The number of rotatable bonds is 5. The number of aromatic nitrogens is 1. The van der Waals surface area contributed by atoms with Crippen molar-refractivity contribution in [1.29, 1.82) is 0 Å². The van der Waals surface area contributed by atoms with Crippen molar-refractivity contribution in [2.75, 3.05) is 0 Å². The monoisotopic (exact) mass is 280 g/mol. The van der Waals surface area contributed by atoms with Gasteiger partial charge in [-0.25, -0.2) is 9.37 Å². The summed E-state index contributed by atoms with van der Waals surface area (Å²) in [5.74, 6) is -0.148.